The highest BCUT2D eigenvalue weighted by Crippen LogP contribution is 2.29. The van der Waals surface area contributed by atoms with Gasteiger partial charge in [0.15, 0.2) is 6.61 Å². The molecule has 3 rings (SSSR count). The van der Waals surface area contributed by atoms with E-state index in [2.05, 4.69) is 5.32 Å². The van der Waals surface area contributed by atoms with E-state index in [0.29, 0.717) is 22.6 Å². The first kappa shape index (κ1) is 24.4. The molecule has 0 radical (unpaired) electrons. The highest BCUT2D eigenvalue weighted by molar-refractivity contribution is 7.98. The lowest BCUT2D eigenvalue weighted by molar-refractivity contribution is -0.141. The van der Waals surface area contributed by atoms with Gasteiger partial charge in [0.1, 0.15) is 17.4 Å². The van der Waals surface area contributed by atoms with Gasteiger partial charge in [-0.15, -0.1) is 0 Å². The van der Waals surface area contributed by atoms with Crippen LogP contribution in [0, 0.1) is 6.92 Å². The van der Waals surface area contributed by atoms with Gasteiger partial charge >= 0.3 is 11.6 Å². The van der Waals surface area contributed by atoms with Crippen molar-refractivity contribution in [1.82, 2.24) is 5.32 Å². The van der Waals surface area contributed by atoms with E-state index in [9.17, 15) is 19.5 Å². The summed E-state index contributed by atoms with van der Waals surface area (Å²) < 4.78 is 11.0. The molecule has 8 heteroatoms. The monoisotopic (exact) mass is 469 g/mol. The van der Waals surface area contributed by atoms with Crippen molar-refractivity contribution in [2.45, 2.75) is 38.5 Å². The molecule has 0 fully saturated rings. The van der Waals surface area contributed by atoms with Crippen LogP contribution in [0.2, 0.25) is 0 Å². The van der Waals surface area contributed by atoms with E-state index in [1.54, 1.807) is 13.0 Å². The van der Waals surface area contributed by atoms with E-state index in [0.717, 1.165) is 29.4 Å². The number of rotatable bonds is 11. The van der Waals surface area contributed by atoms with Crippen molar-refractivity contribution in [2.75, 3.05) is 12.4 Å². The first-order valence-corrected chi connectivity index (χ1v) is 11.9. The average Bonchev–Trinajstić information content (AvgIpc) is 2.79. The van der Waals surface area contributed by atoms with Crippen LogP contribution in [0.15, 0.2) is 57.7 Å². The van der Waals surface area contributed by atoms with Crippen LogP contribution in [-0.2, 0) is 21.8 Å². The zero-order chi connectivity index (χ0) is 23.8. The van der Waals surface area contributed by atoms with Gasteiger partial charge in [-0.25, -0.2) is 9.59 Å². The summed E-state index contributed by atoms with van der Waals surface area (Å²) in [5.74, 6) is -0.353. The fraction of sp³-hybridized carbons (Fsp3) is 0.320. The maximum absolute atomic E-state index is 12.4. The Morgan fingerprint density at radius 1 is 1.18 bits per heavy atom. The predicted molar refractivity (Wildman–Crippen MR) is 129 cm³/mol. The van der Waals surface area contributed by atoms with Gasteiger partial charge in [-0.2, -0.15) is 11.8 Å². The molecular weight excluding hydrogens is 442 g/mol. The Morgan fingerprint density at radius 2 is 1.94 bits per heavy atom. The second-order valence-corrected chi connectivity index (χ2v) is 8.68. The van der Waals surface area contributed by atoms with Crippen LogP contribution in [0.1, 0.15) is 30.0 Å². The summed E-state index contributed by atoms with van der Waals surface area (Å²) in [7, 11) is 0. The maximum Gasteiger partial charge on any atom is 0.336 e. The molecule has 0 aliphatic heterocycles. The molecule has 2 N–H and O–H groups in total. The molecule has 0 saturated heterocycles. The van der Waals surface area contributed by atoms with Crippen LogP contribution < -0.4 is 15.7 Å². The first-order valence-electron chi connectivity index (χ1n) is 10.7. The van der Waals surface area contributed by atoms with Gasteiger partial charge in [0, 0.05) is 28.5 Å². The minimum atomic E-state index is -1.10. The van der Waals surface area contributed by atoms with Crippen molar-refractivity contribution in [2.24, 2.45) is 0 Å². The van der Waals surface area contributed by atoms with E-state index >= 15 is 0 Å². The lowest BCUT2D eigenvalue weighted by Crippen LogP contribution is -2.44. The minimum Gasteiger partial charge on any atom is -0.483 e. The number of benzene rings is 2. The van der Waals surface area contributed by atoms with E-state index in [4.69, 9.17) is 9.15 Å². The number of aliphatic carboxylic acids is 1. The van der Waals surface area contributed by atoms with Crippen LogP contribution in [0.25, 0.3) is 11.0 Å². The number of nitrogens with one attached hydrogen (secondary N) is 1. The molecule has 7 nitrogen and oxygen atoms in total. The summed E-state index contributed by atoms with van der Waals surface area (Å²) >= 11 is 1.43. The highest BCUT2D eigenvalue weighted by atomic mass is 32.2. The SMILES string of the molecule is CCCc1cc(=O)oc2c(C)c(OCC(=O)NC(CSCc3ccccc3)C(=O)O)ccc12. The largest absolute Gasteiger partial charge is 0.483 e. The predicted octanol–water partition coefficient (Wildman–Crippen LogP) is 3.94. The molecule has 174 valence electrons. The molecular formula is C25H27NO6S. The number of carbonyl (C=O) groups is 2. The molecule has 0 saturated carbocycles. The second-order valence-electron chi connectivity index (χ2n) is 7.65. The highest BCUT2D eigenvalue weighted by Gasteiger charge is 2.20. The molecule has 0 aliphatic rings. The fourth-order valence-corrected chi connectivity index (χ4v) is 4.47. The number of fused-ring (bicyclic) bond motifs is 1. The summed E-state index contributed by atoms with van der Waals surface area (Å²) in [5.41, 5.74) is 2.62. The van der Waals surface area contributed by atoms with Crippen LogP contribution in [-0.4, -0.2) is 35.4 Å². The smallest absolute Gasteiger partial charge is 0.336 e. The molecule has 0 bridgehead atoms. The number of hydrogen-bond donors (Lipinski definition) is 2. The van der Waals surface area contributed by atoms with E-state index in [1.165, 1.54) is 17.8 Å². The van der Waals surface area contributed by atoms with Gasteiger partial charge in [0.2, 0.25) is 0 Å². The molecule has 2 aromatic carbocycles. The van der Waals surface area contributed by atoms with Gasteiger partial charge in [-0.1, -0.05) is 43.7 Å². The Bertz CT molecular complexity index is 1170. The number of aryl methyl sites for hydroxylation is 2. The normalized spacial score (nSPS) is 11.8. The summed E-state index contributed by atoms with van der Waals surface area (Å²) in [6, 6.07) is 13.7. The molecule has 1 atom stereocenters. The van der Waals surface area contributed by atoms with E-state index in [-0.39, 0.29) is 12.4 Å². The lowest BCUT2D eigenvalue weighted by Gasteiger charge is -2.16. The van der Waals surface area contributed by atoms with E-state index in [1.807, 2.05) is 43.3 Å². The fourth-order valence-electron chi connectivity index (χ4n) is 3.46. The molecule has 1 heterocycles. The Kier molecular flexibility index (Phi) is 8.54. The first-order chi connectivity index (χ1) is 15.9. The standard InChI is InChI=1S/C25H27NO6S/c1-3-7-18-12-23(28)32-24-16(2)21(11-10-19(18)24)31-13-22(27)26-20(25(29)30)15-33-14-17-8-5-4-6-9-17/h4-6,8-12,20H,3,7,13-15H2,1-2H3,(H,26,27)(H,29,30). The molecule has 33 heavy (non-hydrogen) atoms. The molecule has 1 amide bonds. The Hall–Kier alpha value is -3.26. The van der Waals surface area contributed by atoms with Gasteiger partial charge in [0.25, 0.3) is 5.91 Å². The third kappa shape index (κ3) is 6.61. The van der Waals surface area contributed by atoms with Gasteiger partial charge < -0.3 is 19.6 Å². The Balaban J connectivity index is 1.61. The topological polar surface area (TPSA) is 106 Å². The van der Waals surface area contributed by atoms with Crippen LogP contribution >= 0.6 is 11.8 Å². The van der Waals surface area contributed by atoms with Crippen molar-refractivity contribution in [3.05, 3.63) is 75.6 Å². The zero-order valence-corrected chi connectivity index (χ0v) is 19.4. The summed E-state index contributed by atoms with van der Waals surface area (Å²) in [6.45, 7) is 3.45. The molecule has 1 unspecified atom stereocenters. The number of hydrogen-bond acceptors (Lipinski definition) is 6. The van der Waals surface area contributed by atoms with Crippen molar-refractivity contribution >= 4 is 34.6 Å². The quantitative estimate of drug-likeness (QED) is 0.410. The lowest BCUT2D eigenvalue weighted by atomic mass is 10.0. The zero-order valence-electron chi connectivity index (χ0n) is 18.6. The van der Waals surface area contributed by atoms with Crippen molar-refractivity contribution < 1.29 is 23.8 Å². The average molecular weight is 470 g/mol. The molecule has 0 aliphatic carbocycles. The molecule has 1 aromatic heterocycles. The Morgan fingerprint density at radius 3 is 2.64 bits per heavy atom. The van der Waals surface area contributed by atoms with Gasteiger partial charge in [-0.05, 0) is 36.6 Å². The number of amides is 1. The summed E-state index contributed by atoms with van der Waals surface area (Å²) in [4.78, 5) is 35.9. The second kappa shape index (κ2) is 11.6. The Labute approximate surface area is 196 Å². The number of carbonyl (C=O) groups excluding carboxylic acids is 1. The number of ether oxygens (including phenoxy) is 1. The van der Waals surface area contributed by atoms with Crippen LogP contribution in [0.5, 0.6) is 5.75 Å². The van der Waals surface area contributed by atoms with Crippen LogP contribution in [0.3, 0.4) is 0 Å². The van der Waals surface area contributed by atoms with Gasteiger partial charge in [-0.3, -0.25) is 4.79 Å². The molecule has 3 aromatic rings. The number of carboxylic acid groups (broad SMARTS) is 1. The molecule has 0 spiro atoms. The van der Waals surface area contributed by atoms with Crippen molar-refractivity contribution in [1.29, 1.82) is 0 Å². The van der Waals surface area contributed by atoms with Gasteiger partial charge in [0.05, 0.1) is 0 Å². The van der Waals surface area contributed by atoms with Crippen molar-refractivity contribution in [3.8, 4) is 5.75 Å². The number of thioether (sulfide) groups is 1. The van der Waals surface area contributed by atoms with E-state index < -0.39 is 23.5 Å². The summed E-state index contributed by atoms with van der Waals surface area (Å²) in [5, 5.41) is 12.8. The third-order valence-corrected chi connectivity index (χ3v) is 6.21. The minimum absolute atomic E-state index is 0.232. The number of carboxylic acids is 1. The third-order valence-electron chi connectivity index (χ3n) is 5.10. The summed E-state index contributed by atoms with van der Waals surface area (Å²) in [6.07, 6.45) is 1.65. The maximum atomic E-state index is 12.4. The van der Waals surface area contributed by atoms with Crippen LogP contribution in [0.4, 0.5) is 0 Å². The van der Waals surface area contributed by atoms with Crippen molar-refractivity contribution in [3.63, 3.8) is 0 Å².